The van der Waals surface area contributed by atoms with E-state index in [1.165, 1.54) is 69.8 Å². The van der Waals surface area contributed by atoms with E-state index < -0.39 is 8.60 Å². The molecule has 0 bridgehead atoms. The lowest BCUT2D eigenvalue weighted by Gasteiger charge is -2.26. The van der Waals surface area contributed by atoms with Crippen LogP contribution in [-0.2, 0) is 10.9 Å². The van der Waals surface area contributed by atoms with Crippen LogP contribution in [0.25, 0.3) is 0 Å². The molecular weight excluding hydrogens is 403 g/mol. The third kappa shape index (κ3) is 9.21. The molecule has 0 aliphatic heterocycles. The van der Waals surface area contributed by atoms with Gasteiger partial charge in [0.1, 0.15) is 11.5 Å². The van der Waals surface area contributed by atoms with Gasteiger partial charge in [0.25, 0.3) is 0 Å². The minimum Gasteiger partial charge on any atom is -0.418 e. The lowest BCUT2D eigenvalue weighted by molar-refractivity contribution is 0.138. The first-order valence-electron chi connectivity index (χ1n) is 12.3. The van der Waals surface area contributed by atoms with E-state index in [9.17, 15) is 0 Å². The highest BCUT2D eigenvalue weighted by Crippen LogP contribution is 2.45. The maximum Gasteiger partial charge on any atom is 0.463 e. The summed E-state index contributed by atoms with van der Waals surface area (Å²) in [5, 5.41) is 0. The van der Waals surface area contributed by atoms with Crippen molar-refractivity contribution < 1.29 is 13.6 Å². The van der Waals surface area contributed by atoms with Gasteiger partial charge in [0.15, 0.2) is 0 Å². The Hall–Kier alpha value is -1.57. The molecule has 0 spiro atoms. The van der Waals surface area contributed by atoms with Gasteiger partial charge in [-0.3, -0.25) is 4.52 Å². The van der Waals surface area contributed by atoms with Crippen molar-refractivity contribution in [1.82, 2.24) is 0 Å². The largest absolute Gasteiger partial charge is 0.463 e. The van der Waals surface area contributed by atoms with Gasteiger partial charge in [0.2, 0.25) is 0 Å². The monoisotopic (exact) mass is 442 g/mol. The lowest BCUT2D eigenvalue weighted by atomic mass is 9.98. The van der Waals surface area contributed by atoms with Crippen LogP contribution in [0.3, 0.4) is 0 Å². The molecular formula is C27H39O3P. The van der Waals surface area contributed by atoms with Crippen molar-refractivity contribution in [3.05, 3.63) is 60.2 Å². The normalized spacial score (nSPS) is 15.5. The van der Waals surface area contributed by atoms with Crippen molar-refractivity contribution in [3.63, 3.8) is 0 Å². The predicted molar refractivity (Wildman–Crippen MR) is 131 cm³/mol. The summed E-state index contributed by atoms with van der Waals surface area (Å²) >= 11 is 0. The number of aryl methyl sites for hydroxylation is 1. The van der Waals surface area contributed by atoms with Gasteiger partial charge in [-0.2, -0.15) is 0 Å². The Labute approximate surface area is 190 Å². The second-order valence-corrected chi connectivity index (χ2v) is 9.59. The SMILES string of the molecule is CCCCCCCCCc1ccccc1OP(Oc1ccccc1)OC1CCCCC1. The average Bonchev–Trinajstić information content (AvgIpc) is 2.81. The van der Waals surface area contributed by atoms with Crippen molar-refractivity contribution >= 4 is 8.60 Å². The van der Waals surface area contributed by atoms with E-state index >= 15 is 0 Å². The summed E-state index contributed by atoms with van der Waals surface area (Å²) in [5.74, 6) is 1.71. The second-order valence-electron chi connectivity index (χ2n) is 8.56. The molecule has 0 amide bonds. The highest BCUT2D eigenvalue weighted by molar-refractivity contribution is 7.42. The molecule has 31 heavy (non-hydrogen) atoms. The van der Waals surface area contributed by atoms with Gasteiger partial charge in [-0.25, -0.2) is 0 Å². The number of benzene rings is 2. The smallest absolute Gasteiger partial charge is 0.418 e. The Morgan fingerprint density at radius 2 is 1.42 bits per heavy atom. The fraction of sp³-hybridized carbons (Fsp3) is 0.556. The highest BCUT2D eigenvalue weighted by Gasteiger charge is 2.25. The van der Waals surface area contributed by atoms with E-state index in [0.717, 1.165) is 30.8 Å². The molecule has 0 N–H and O–H groups in total. The summed E-state index contributed by atoms with van der Waals surface area (Å²) < 4.78 is 18.9. The van der Waals surface area contributed by atoms with Crippen LogP contribution < -0.4 is 9.05 Å². The topological polar surface area (TPSA) is 27.7 Å². The molecule has 3 nitrogen and oxygen atoms in total. The maximum absolute atomic E-state index is 6.38. The van der Waals surface area contributed by atoms with Crippen LogP contribution >= 0.6 is 8.60 Å². The predicted octanol–water partition coefficient (Wildman–Crippen LogP) is 9.01. The number of unbranched alkanes of at least 4 members (excludes halogenated alkanes) is 6. The third-order valence-corrected chi connectivity index (χ3v) is 7.08. The summed E-state index contributed by atoms with van der Waals surface area (Å²) in [6, 6.07) is 18.3. The van der Waals surface area contributed by atoms with Crippen molar-refractivity contribution in [2.45, 2.75) is 96.5 Å². The van der Waals surface area contributed by atoms with Crippen LogP contribution in [0.5, 0.6) is 11.5 Å². The zero-order valence-electron chi connectivity index (χ0n) is 19.1. The summed E-state index contributed by atoms with van der Waals surface area (Å²) in [6.45, 7) is 2.27. The molecule has 0 heterocycles. The Morgan fingerprint density at radius 3 is 2.19 bits per heavy atom. The minimum atomic E-state index is -1.48. The molecule has 1 aliphatic carbocycles. The van der Waals surface area contributed by atoms with E-state index in [1.54, 1.807) is 0 Å². The molecule has 0 radical (unpaired) electrons. The average molecular weight is 443 g/mol. The van der Waals surface area contributed by atoms with Gasteiger partial charge in [0.05, 0.1) is 6.10 Å². The zero-order valence-corrected chi connectivity index (χ0v) is 20.0. The van der Waals surface area contributed by atoms with Gasteiger partial charge < -0.3 is 9.05 Å². The van der Waals surface area contributed by atoms with E-state index in [0.29, 0.717) is 0 Å². The van der Waals surface area contributed by atoms with E-state index in [1.807, 2.05) is 36.4 Å². The molecule has 1 fully saturated rings. The van der Waals surface area contributed by atoms with Crippen molar-refractivity contribution in [1.29, 1.82) is 0 Å². The standard InChI is InChI=1S/C27H39O3P/c1-2-3-4-5-6-7-10-17-24-18-15-16-23-27(24)30-31(28-25-19-11-8-12-20-25)29-26-21-13-9-14-22-26/h8,11-12,15-16,18-20,23,26H,2-7,9-10,13-14,17,21-22H2,1H3. The molecule has 2 aromatic carbocycles. The first-order valence-corrected chi connectivity index (χ1v) is 13.4. The van der Waals surface area contributed by atoms with Gasteiger partial charge in [0, 0.05) is 0 Å². The molecule has 1 saturated carbocycles. The molecule has 3 rings (SSSR count). The number of hydrogen-bond acceptors (Lipinski definition) is 3. The molecule has 170 valence electrons. The second kappa shape index (κ2) is 14.5. The van der Waals surface area contributed by atoms with Gasteiger partial charge in [-0.15, -0.1) is 0 Å². The molecule has 4 heteroatoms. The van der Waals surface area contributed by atoms with E-state index in [-0.39, 0.29) is 6.10 Å². The van der Waals surface area contributed by atoms with Crippen LogP contribution in [0.2, 0.25) is 0 Å². The molecule has 1 atom stereocenters. The fourth-order valence-corrected chi connectivity index (χ4v) is 5.28. The first-order chi connectivity index (χ1) is 15.3. The summed E-state index contributed by atoms with van der Waals surface area (Å²) in [7, 11) is -1.48. The van der Waals surface area contributed by atoms with Crippen molar-refractivity contribution in [3.8, 4) is 11.5 Å². The molecule has 2 aromatic rings. The van der Waals surface area contributed by atoms with Crippen LogP contribution in [0.1, 0.15) is 89.5 Å². The van der Waals surface area contributed by atoms with Crippen molar-refractivity contribution in [2.24, 2.45) is 0 Å². The van der Waals surface area contributed by atoms with E-state index in [4.69, 9.17) is 13.6 Å². The van der Waals surface area contributed by atoms with Crippen LogP contribution in [0, 0.1) is 0 Å². The fourth-order valence-electron chi connectivity index (χ4n) is 4.07. The first kappa shape index (κ1) is 24.1. The summed E-state index contributed by atoms with van der Waals surface area (Å²) in [5.41, 5.74) is 1.26. The maximum atomic E-state index is 6.38. The van der Waals surface area contributed by atoms with Gasteiger partial charge >= 0.3 is 8.60 Å². The molecule has 0 aromatic heterocycles. The number of rotatable bonds is 14. The lowest BCUT2D eigenvalue weighted by Crippen LogP contribution is -2.16. The number of para-hydroxylation sites is 2. The van der Waals surface area contributed by atoms with Crippen LogP contribution in [0.4, 0.5) is 0 Å². The van der Waals surface area contributed by atoms with E-state index in [2.05, 4.69) is 25.1 Å². The summed E-state index contributed by atoms with van der Waals surface area (Å²) in [4.78, 5) is 0. The minimum absolute atomic E-state index is 0.235. The van der Waals surface area contributed by atoms with Gasteiger partial charge in [-0.1, -0.05) is 101 Å². The van der Waals surface area contributed by atoms with Crippen molar-refractivity contribution in [2.75, 3.05) is 0 Å². The highest BCUT2D eigenvalue weighted by atomic mass is 31.2. The molecule has 1 aliphatic rings. The summed E-state index contributed by atoms with van der Waals surface area (Å²) in [6.07, 6.45) is 16.5. The van der Waals surface area contributed by atoms with Crippen LogP contribution in [-0.4, -0.2) is 6.10 Å². The quantitative estimate of drug-likeness (QED) is 0.216. The van der Waals surface area contributed by atoms with Gasteiger partial charge in [-0.05, 0) is 49.4 Å². The molecule has 0 saturated heterocycles. The molecule has 1 unspecified atom stereocenters. The Balaban J connectivity index is 1.57. The Bertz CT molecular complexity index is 715. The van der Waals surface area contributed by atoms with Crippen LogP contribution in [0.15, 0.2) is 54.6 Å². The Kier molecular flexibility index (Phi) is 11.3. The third-order valence-electron chi connectivity index (χ3n) is 5.91. The Morgan fingerprint density at radius 1 is 0.742 bits per heavy atom. The zero-order chi connectivity index (χ0) is 21.6. The number of hydrogen-bond donors (Lipinski definition) is 0.